The molecule has 0 bridgehead atoms. The van der Waals surface area contributed by atoms with Gasteiger partial charge in [0.2, 0.25) is 16.8 Å². The van der Waals surface area contributed by atoms with Gasteiger partial charge in [-0.3, -0.25) is 4.79 Å². The van der Waals surface area contributed by atoms with E-state index in [2.05, 4.69) is 0 Å². The summed E-state index contributed by atoms with van der Waals surface area (Å²) in [7, 11) is -3.63. The Kier molecular flexibility index (Phi) is 3.14. The van der Waals surface area contributed by atoms with E-state index in [0.717, 1.165) is 6.26 Å². The molecular formula is C10H11NO6S. The normalized spacial score (nSPS) is 15.4. The van der Waals surface area contributed by atoms with Crippen molar-refractivity contribution in [3.8, 4) is 11.5 Å². The largest absolute Gasteiger partial charge is 0.480 e. The Morgan fingerprint density at radius 2 is 2.06 bits per heavy atom. The van der Waals surface area contributed by atoms with E-state index in [1.54, 1.807) is 0 Å². The number of aliphatic carboxylic acids is 1. The maximum absolute atomic E-state index is 11.1. The minimum Gasteiger partial charge on any atom is -0.480 e. The highest BCUT2D eigenvalue weighted by Gasteiger charge is 2.25. The topological polar surface area (TPSA) is 102 Å². The molecule has 0 fully saturated rings. The average molecular weight is 273 g/mol. The van der Waals surface area contributed by atoms with Crippen LogP contribution in [-0.2, 0) is 14.8 Å². The first kappa shape index (κ1) is 12.7. The SMILES string of the molecule is CS(=O)(=O)NC(C(=O)O)c1ccc2c(c1)OCO2. The van der Waals surface area contributed by atoms with Crippen LogP contribution in [0.15, 0.2) is 18.2 Å². The summed E-state index contributed by atoms with van der Waals surface area (Å²) in [4.78, 5) is 11.1. The van der Waals surface area contributed by atoms with Crippen LogP contribution in [0.1, 0.15) is 11.6 Å². The van der Waals surface area contributed by atoms with E-state index in [-0.39, 0.29) is 12.4 Å². The maximum Gasteiger partial charge on any atom is 0.326 e. The Labute approximate surface area is 103 Å². The number of carboxylic acids is 1. The van der Waals surface area contributed by atoms with Crippen LogP contribution in [0.5, 0.6) is 11.5 Å². The summed E-state index contributed by atoms with van der Waals surface area (Å²) in [6, 6.07) is 3.11. The molecule has 0 saturated heterocycles. The first-order valence-corrected chi connectivity index (χ1v) is 6.85. The standard InChI is InChI=1S/C10H11NO6S/c1-18(14,15)11-9(10(12)13)6-2-3-7-8(4-6)17-5-16-7/h2-4,9,11H,5H2,1H3,(H,12,13). The second-order valence-corrected chi connectivity index (χ2v) is 5.55. The molecular weight excluding hydrogens is 262 g/mol. The molecule has 0 amide bonds. The van der Waals surface area contributed by atoms with Crippen molar-refractivity contribution in [2.75, 3.05) is 13.0 Å². The first-order chi connectivity index (χ1) is 8.37. The molecule has 1 aliphatic heterocycles. The highest BCUT2D eigenvalue weighted by atomic mass is 32.2. The summed E-state index contributed by atoms with van der Waals surface area (Å²) < 4.78 is 34.5. The minimum absolute atomic E-state index is 0.0655. The molecule has 0 aromatic heterocycles. The van der Waals surface area contributed by atoms with Crippen molar-refractivity contribution >= 4 is 16.0 Å². The smallest absolute Gasteiger partial charge is 0.326 e. The van der Waals surface area contributed by atoms with Gasteiger partial charge in [-0.2, -0.15) is 4.72 Å². The van der Waals surface area contributed by atoms with Crippen molar-refractivity contribution in [3.05, 3.63) is 23.8 Å². The van der Waals surface area contributed by atoms with E-state index in [9.17, 15) is 13.2 Å². The third kappa shape index (κ3) is 2.71. The van der Waals surface area contributed by atoms with Gasteiger partial charge < -0.3 is 14.6 Å². The molecule has 0 radical (unpaired) electrons. The lowest BCUT2D eigenvalue weighted by atomic mass is 10.1. The molecule has 1 heterocycles. The highest BCUT2D eigenvalue weighted by Crippen LogP contribution is 2.34. The van der Waals surface area contributed by atoms with Gasteiger partial charge in [-0.1, -0.05) is 6.07 Å². The molecule has 0 spiro atoms. The van der Waals surface area contributed by atoms with Gasteiger partial charge in [0.25, 0.3) is 0 Å². The fourth-order valence-electron chi connectivity index (χ4n) is 1.57. The highest BCUT2D eigenvalue weighted by molar-refractivity contribution is 7.88. The minimum atomic E-state index is -3.63. The van der Waals surface area contributed by atoms with Gasteiger partial charge in [-0.05, 0) is 17.7 Å². The quantitative estimate of drug-likeness (QED) is 0.806. The summed E-state index contributed by atoms with van der Waals surface area (Å²) >= 11 is 0. The monoisotopic (exact) mass is 273 g/mol. The zero-order valence-corrected chi connectivity index (χ0v) is 10.2. The number of hydrogen-bond donors (Lipinski definition) is 2. The van der Waals surface area contributed by atoms with E-state index in [1.807, 2.05) is 4.72 Å². The van der Waals surface area contributed by atoms with Crippen molar-refractivity contribution in [1.82, 2.24) is 4.72 Å². The lowest BCUT2D eigenvalue weighted by Gasteiger charge is -2.13. The average Bonchev–Trinajstić information content (AvgIpc) is 2.71. The van der Waals surface area contributed by atoms with Gasteiger partial charge in [-0.15, -0.1) is 0 Å². The lowest BCUT2D eigenvalue weighted by Crippen LogP contribution is -2.32. The fraction of sp³-hybridized carbons (Fsp3) is 0.300. The molecule has 1 unspecified atom stereocenters. The van der Waals surface area contributed by atoms with Gasteiger partial charge in [0, 0.05) is 0 Å². The zero-order valence-electron chi connectivity index (χ0n) is 9.41. The van der Waals surface area contributed by atoms with E-state index >= 15 is 0 Å². The molecule has 1 aromatic rings. The Morgan fingerprint density at radius 3 is 2.67 bits per heavy atom. The summed E-state index contributed by atoms with van der Waals surface area (Å²) in [5, 5.41) is 9.04. The number of nitrogens with one attached hydrogen (secondary N) is 1. The van der Waals surface area contributed by atoms with Crippen LogP contribution in [-0.4, -0.2) is 32.5 Å². The molecule has 1 atom stereocenters. The number of rotatable bonds is 4. The van der Waals surface area contributed by atoms with Crippen molar-refractivity contribution < 1.29 is 27.8 Å². The first-order valence-electron chi connectivity index (χ1n) is 4.96. The Balaban J connectivity index is 2.34. The van der Waals surface area contributed by atoms with Gasteiger partial charge in [0.15, 0.2) is 11.5 Å². The summed E-state index contributed by atoms with van der Waals surface area (Å²) in [6.07, 6.45) is 0.899. The number of ether oxygens (including phenoxy) is 2. The number of hydrogen-bond acceptors (Lipinski definition) is 5. The number of carboxylic acid groups (broad SMARTS) is 1. The predicted octanol–water partition coefficient (Wildman–Crippen LogP) is 0.0902. The van der Waals surface area contributed by atoms with Crippen molar-refractivity contribution in [2.45, 2.75) is 6.04 Å². The van der Waals surface area contributed by atoms with Gasteiger partial charge in [0.05, 0.1) is 6.26 Å². The second kappa shape index (κ2) is 4.46. The Hall–Kier alpha value is -1.80. The van der Waals surface area contributed by atoms with E-state index < -0.39 is 22.0 Å². The molecule has 2 N–H and O–H groups in total. The number of sulfonamides is 1. The van der Waals surface area contributed by atoms with E-state index in [0.29, 0.717) is 11.5 Å². The molecule has 7 nitrogen and oxygen atoms in total. The maximum atomic E-state index is 11.1. The predicted molar refractivity (Wildman–Crippen MR) is 60.9 cm³/mol. The van der Waals surface area contributed by atoms with Crippen LogP contribution in [0.3, 0.4) is 0 Å². The number of benzene rings is 1. The van der Waals surface area contributed by atoms with Gasteiger partial charge in [-0.25, -0.2) is 8.42 Å². The Morgan fingerprint density at radius 1 is 1.39 bits per heavy atom. The lowest BCUT2D eigenvalue weighted by molar-refractivity contribution is -0.139. The van der Waals surface area contributed by atoms with Crippen molar-refractivity contribution in [3.63, 3.8) is 0 Å². The molecule has 0 aliphatic carbocycles. The van der Waals surface area contributed by atoms with Crippen LogP contribution in [0.2, 0.25) is 0 Å². The van der Waals surface area contributed by atoms with Crippen LogP contribution in [0.25, 0.3) is 0 Å². The number of carbonyl (C=O) groups is 1. The fourth-order valence-corrected chi connectivity index (χ4v) is 2.23. The number of fused-ring (bicyclic) bond motifs is 1. The summed E-state index contributed by atoms with van der Waals surface area (Å²) in [5.41, 5.74) is 0.275. The summed E-state index contributed by atoms with van der Waals surface area (Å²) in [6.45, 7) is 0.0655. The molecule has 1 aliphatic rings. The molecule has 98 valence electrons. The Bertz CT molecular complexity index is 582. The van der Waals surface area contributed by atoms with Crippen LogP contribution in [0.4, 0.5) is 0 Å². The van der Waals surface area contributed by atoms with E-state index in [1.165, 1.54) is 18.2 Å². The second-order valence-electron chi connectivity index (χ2n) is 3.77. The molecule has 0 saturated carbocycles. The van der Waals surface area contributed by atoms with Crippen LogP contribution in [0, 0.1) is 0 Å². The van der Waals surface area contributed by atoms with Gasteiger partial charge >= 0.3 is 5.97 Å². The van der Waals surface area contributed by atoms with Crippen LogP contribution < -0.4 is 14.2 Å². The zero-order chi connectivity index (χ0) is 13.3. The van der Waals surface area contributed by atoms with Crippen molar-refractivity contribution in [2.24, 2.45) is 0 Å². The molecule has 18 heavy (non-hydrogen) atoms. The molecule has 8 heteroatoms. The third-order valence-corrected chi connectivity index (χ3v) is 2.97. The third-order valence-electron chi connectivity index (χ3n) is 2.31. The van der Waals surface area contributed by atoms with Crippen molar-refractivity contribution in [1.29, 1.82) is 0 Å². The molecule has 1 aromatic carbocycles. The van der Waals surface area contributed by atoms with Crippen LogP contribution >= 0.6 is 0 Å². The molecule has 2 rings (SSSR count). The van der Waals surface area contributed by atoms with Gasteiger partial charge in [0.1, 0.15) is 6.04 Å². The summed E-state index contributed by atoms with van der Waals surface area (Å²) in [5.74, 6) is -0.393. The van der Waals surface area contributed by atoms with E-state index in [4.69, 9.17) is 14.6 Å².